The van der Waals surface area contributed by atoms with Gasteiger partial charge in [-0.2, -0.15) is 0 Å². The average molecular weight is 427 g/mol. The van der Waals surface area contributed by atoms with Crippen molar-refractivity contribution >= 4 is 39.1 Å². The Kier molecular flexibility index (Phi) is 6.30. The molecule has 0 spiro atoms. The Hall–Kier alpha value is -2.77. The van der Waals surface area contributed by atoms with Gasteiger partial charge in [0.25, 0.3) is 15.9 Å². The molecule has 29 heavy (non-hydrogen) atoms. The summed E-state index contributed by atoms with van der Waals surface area (Å²) >= 11 is 1.55. The number of hydrogen-bond donors (Lipinski definition) is 2. The first-order valence-electron chi connectivity index (χ1n) is 8.93. The fraction of sp³-hybridized carbons (Fsp3) is 0.136. The lowest BCUT2D eigenvalue weighted by molar-refractivity contribution is 0.102. The van der Waals surface area contributed by atoms with Crippen molar-refractivity contribution in [3.63, 3.8) is 0 Å². The lowest BCUT2D eigenvalue weighted by Crippen LogP contribution is -2.14. The maximum absolute atomic E-state index is 12.5. The maximum atomic E-state index is 12.5. The predicted molar refractivity (Wildman–Crippen MR) is 119 cm³/mol. The second-order valence-electron chi connectivity index (χ2n) is 6.69. The monoisotopic (exact) mass is 426 g/mol. The van der Waals surface area contributed by atoms with Gasteiger partial charge in [0.15, 0.2) is 0 Å². The van der Waals surface area contributed by atoms with Crippen LogP contribution in [0.3, 0.4) is 0 Å². The molecule has 5 nitrogen and oxygen atoms in total. The molecular formula is C22H22N2O3S2. The molecule has 0 bridgehead atoms. The number of rotatable bonds is 6. The van der Waals surface area contributed by atoms with Crippen molar-refractivity contribution in [3.8, 4) is 0 Å². The molecule has 0 aliphatic heterocycles. The number of thioether (sulfide) groups is 1. The highest BCUT2D eigenvalue weighted by atomic mass is 32.2. The molecule has 0 radical (unpaired) electrons. The van der Waals surface area contributed by atoms with Crippen molar-refractivity contribution in [1.29, 1.82) is 0 Å². The minimum absolute atomic E-state index is 0.187. The highest BCUT2D eigenvalue weighted by Gasteiger charge is 2.14. The van der Waals surface area contributed by atoms with E-state index in [1.165, 1.54) is 0 Å². The van der Waals surface area contributed by atoms with E-state index in [-0.39, 0.29) is 10.8 Å². The standard InChI is InChI=1S/C22H22N2O3S2/c1-15-12-16(2)14-19(13-15)23-22(25)17-4-6-18(7-5-17)24-29(26,27)21-10-8-20(28-3)9-11-21/h4-14,24H,1-3H3,(H,23,25). The lowest BCUT2D eigenvalue weighted by Gasteiger charge is -2.10. The van der Waals surface area contributed by atoms with E-state index in [0.717, 1.165) is 21.7 Å². The molecule has 0 saturated heterocycles. The van der Waals surface area contributed by atoms with Crippen LogP contribution in [0.1, 0.15) is 21.5 Å². The van der Waals surface area contributed by atoms with Gasteiger partial charge >= 0.3 is 0 Å². The summed E-state index contributed by atoms with van der Waals surface area (Å²) in [5, 5.41) is 2.86. The lowest BCUT2D eigenvalue weighted by atomic mass is 10.1. The van der Waals surface area contributed by atoms with E-state index in [1.807, 2.05) is 38.3 Å². The summed E-state index contributed by atoms with van der Waals surface area (Å²) in [6.07, 6.45) is 1.93. The van der Waals surface area contributed by atoms with Gasteiger partial charge in [0.1, 0.15) is 0 Å². The third-order valence-electron chi connectivity index (χ3n) is 4.25. The van der Waals surface area contributed by atoms with Crippen LogP contribution in [0.25, 0.3) is 0 Å². The zero-order valence-corrected chi connectivity index (χ0v) is 18.0. The van der Waals surface area contributed by atoms with Crippen molar-refractivity contribution in [2.24, 2.45) is 0 Å². The molecule has 3 aromatic carbocycles. The van der Waals surface area contributed by atoms with Gasteiger partial charge in [-0.1, -0.05) is 6.07 Å². The Balaban J connectivity index is 1.71. The second kappa shape index (κ2) is 8.71. The quantitative estimate of drug-likeness (QED) is 0.539. The number of carbonyl (C=O) groups is 1. The van der Waals surface area contributed by atoms with E-state index >= 15 is 0 Å². The van der Waals surface area contributed by atoms with Crippen LogP contribution in [0.2, 0.25) is 0 Å². The van der Waals surface area contributed by atoms with Crippen molar-refractivity contribution in [1.82, 2.24) is 0 Å². The summed E-state index contributed by atoms with van der Waals surface area (Å²) < 4.78 is 27.6. The van der Waals surface area contributed by atoms with Gasteiger partial charge < -0.3 is 5.32 Å². The van der Waals surface area contributed by atoms with Crippen LogP contribution in [-0.2, 0) is 10.0 Å². The van der Waals surface area contributed by atoms with Gasteiger partial charge in [-0.25, -0.2) is 8.42 Å². The Bertz CT molecular complexity index is 1100. The van der Waals surface area contributed by atoms with Crippen LogP contribution >= 0.6 is 11.8 Å². The van der Waals surface area contributed by atoms with Crippen molar-refractivity contribution in [2.75, 3.05) is 16.3 Å². The van der Waals surface area contributed by atoms with E-state index in [9.17, 15) is 13.2 Å². The zero-order valence-electron chi connectivity index (χ0n) is 16.4. The molecule has 3 rings (SSSR count). The molecule has 0 atom stereocenters. The molecule has 0 fully saturated rings. The van der Waals surface area contributed by atoms with Crippen LogP contribution < -0.4 is 10.0 Å². The van der Waals surface area contributed by atoms with E-state index in [4.69, 9.17) is 0 Å². The molecule has 7 heteroatoms. The van der Waals surface area contributed by atoms with Crippen molar-refractivity contribution in [2.45, 2.75) is 23.6 Å². The first-order chi connectivity index (χ1) is 13.8. The summed E-state index contributed by atoms with van der Waals surface area (Å²) in [6, 6.07) is 18.8. The van der Waals surface area contributed by atoms with Gasteiger partial charge in [-0.3, -0.25) is 9.52 Å². The number of nitrogens with one attached hydrogen (secondary N) is 2. The minimum Gasteiger partial charge on any atom is -0.322 e. The zero-order chi connectivity index (χ0) is 21.0. The molecule has 0 heterocycles. The van der Waals surface area contributed by atoms with Crippen LogP contribution in [0.5, 0.6) is 0 Å². The van der Waals surface area contributed by atoms with Crippen molar-refractivity contribution in [3.05, 3.63) is 83.4 Å². The number of hydrogen-bond acceptors (Lipinski definition) is 4. The summed E-state index contributed by atoms with van der Waals surface area (Å²) in [5.41, 5.74) is 3.69. The first kappa shape index (κ1) is 21.0. The molecule has 0 aliphatic carbocycles. The average Bonchev–Trinajstić information content (AvgIpc) is 2.67. The summed E-state index contributed by atoms with van der Waals surface area (Å²) in [5.74, 6) is -0.253. The molecule has 0 aliphatic rings. The normalized spacial score (nSPS) is 11.1. The molecule has 3 aromatic rings. The molecule has 0 saturated carbocycles. The highest BCUT2D eigenvalue weighted by molar-refractivity contribution is 7.98. The predicted octanol–water partition coefficient (Wildman–Crippen LogP) is 5.08. The van der Waals surface area contributed by atoms with E-state index in [1.54, 1.807) is 60.3 Å². The van der Waals surface area contributed by atoms with Crippen LogP contribution in [0.4, 0.5) is 11.4 Å². The molecule has 1 amide bonds. The number of amides is 1. The number of benzene rings is 3. The largest absolute Gasteiger partial charge is 0.322 e. The van der Waals surface area contributed by atoms with Gasteiger partial charge in [0.05, 0.1) is 4.90 Å². The van der Waals surface area contributed by atoms with Gasteiger partial charge in [-0.15, -0.1) is 11.8 Å². The number of aryl methyl sites for hydroxylation is 2. The topological polar surface area (TPSA) is 75.3 Å². The van der Waals surface area contributed by atoms with E-state index in [0.29, 0.717) is 11.3 Å². The van der Waals surface area contributed by atoms with Gasteiger partial charge in [0.2, 0.25) is 0 Å². The van der Waals surface area contributed by atoms with Gasteiger partial charge in [0, 0.05) is 21.8 Å². The van der Waals surface area contributed by atoms with Gasteiger partial charge in [-0.05, 0) is 91.9 Å². The first-order valence-corrected chi connectivity index (χ1v) is 11.6. The molecular weight excluding hydrogens is 404 g/mol. The Morgan fingerprint density at radius 2 is 1.41 bits per heavy atom. The molecule has 150 valence electrons. The number of sulfonamides is 1. The summed E-state index contributed by atoms with van der Waals surface area (Å²) in [7, 11) is -3.69. The summed E-state index contributed by atoms with van der Waals surface area (Å²) in [4.78, 5) is 13.6. The third kappa shape index (κ3) is 5.40. The SMILES string of the molecule is CSc1ccc(S(=O)(=O)Nc2ccc(C(=O)Nc3cc(C)cc(C)c3)cc2)cc1. The Morgan fingerprint density at radius 1 is 0.828 bits per heavy atom. The fourth-order valence-electron chi connectivity index (χ4n) is 2.91. The van der Waals surface area contributed by atoms with Crippen LogP contribution in [-0.4, -0.2) is 20.6 Å². The maximum Gasteiger partial charge on any atom is 0.261 e. The molecule has 0 aromatic heterocycles. The minimum atomic E-state index is -3.69. The van der Waals surface area contributed by atoms with Crippen LogP contribution in [0, 0.1) is 13.8 Å². The van der Waals surface area contributed by atoms with Crippen LogP contribution in [0.15, 0.2) is 76.5 Å². The molecule has 2 N–H and O–H groups in total. The van der Waals surface area contributed by atoms with E-state index in [2.05, 4.69) is 10.0 Å². The highest BCUT2D eigenvalue weighted by Crippen LogP contribution is 2.21. The Morgan fingerprint density at radius 3 is 1.97 bits per heavy atom. The Labute approximate surface area is 175 Å². The summed E-state index contributed by atoms with van der Waals surface area (Å²) in [6.45, 7) is 3.94. The molecule has 0 unspecified atom stereocenters. The van der Waals surface area contributed by atoms with Crippen molar-refractivity contribution < 1.29 is 13.2 Å². The fourth-order valence-corrected chi connectivity index (χ4v) is 4.38. The smallest absolute Gasteiger partial charge is 0.261 e. The number of anilines is 2. The second-order valence-corrected chi connectivity index (χ2v) is 9.25. The van der Waals surface area contributed by atoms with E-state index < -0.39 is 10.0 Å². The third-order valence-corrected chi connectivity index (χ3v) is 6.39. The number of carbonyl (C=O) groups excluding carboxylic acids is 1.